The van der Waals surface area contributed by atoms with Crippen LogP contribution in [-0.4, -0.2) is 44.4 Å². The van der Waals surface area contributed by atoms with Crippen LogP contribution in [0, 0.1) is 10.8 Å². The first-order valence-electron chi connectivity index (χ1n) is 11.1. The molecule has 0 spiro atoms. The van der Waals surface area contributed by atoms with Gasteiger partial charge in [-0.1, -0.05) is 83.1 Å². The van der Waals surface area contributed by atoms with Crippen molar-refractivity contribution in [1.29, 1.82) is 0 Å². The number of benzene rings is 2. The quantitative estimate of drug-likeness (QED) is 0.324. The van der Waals surface area contributed by atoms with Crippen molar-refractivity contribution >= 4 is 0 Å². The van der Waals surface area contributed by atoms with E-state index in [4.69, 9.17) is 9.47 Å². The van der Waals surface area contributed by atoms with E-state index in [0.29, 0.717) is 13.2 Å². The van der Waals surface area contributed by atoms with Crippen LogP contribution >= 0.6 is 0 Å². The maximum Gasteiger partial charge on any atom is 0.119 e. The molecule has 0 saturated heterocycles. The van der Waals surface area contributed by atoms with Crippen LogP contribution in [0.1, 0.15) is 46.6 Å². The lowest BCUT2D eigenvalue weighted by Crippen LogP contribution is -2.51. The first-order chi connectivity index (χ1) is 14.0. The normalized spacial score (nSPS) is 13.8. The Hall–Kier alpha value is -1.84. The number of nitrogens with zero attached hydrogens (tertiary/aromatic N) is 1. The Labute approximate surface area is 184 Å². The van der Waals surface area contributed by atoms with Gasteiger partial charge in [0.15, 0.2) is 0 Å². The highest BCUT2D eigenvalue weighted by atomic mass is 16.5. The zero-order valence-corrected chi connectivity index (χ0v) is 20.2. The molecule has 0 heterocycles. The van der Waals surface area contributed by atoms with Gasteiger partial charge in [0.25, 0.3) is 0 Å². The third-order valence-corrected chi connectivity index (χ3v) is 5.39. The Morgan fingerprint density at radius 1 is 0.800 bits per heavy atom. The van der Waals surface area contributed by atoms with Crippen molar-refractivity contribution in [3.05, 3.63) is 66.2 Å². The molecule has 0 amide bonds. The van der Waals surface area contributed by atoms with Gasteiger partial charge in [-0.05, 0) is 29.4 Å². The van der Waals surface area contributed by atoms with E-state index in [1.165, 1.54) is 5.56 Å². The second-order valence-electron chi connectivity index (χ2n) is 11.0. The molecule has 3 heteroatoms. The summed E-state index contributed by atoms with van der Waals surface area (Å²) < 4.78 is 13.3. The molecule has 0 N–H and O–H groups in total. The minimum Gasteiger partial charge on any atom is -0.491 e. The predicted molar refractivity (Wildman–Crippen MR) is 127 cm³/mol. The Morgan fingerprint density at radius 2 is 1.37 bits per heavy atom. The summed E-state index contributed by atoms with van der Waals surface area (Å²) in [6.45, 7) is 14.8. The summed E-state index contributed by atoms with van der Waals surface area (Å²) >= 11 is 0. The highest BCUT2D eigenvalue weighted by molar-refractivity contribution is 5.20. The van der Waals surface area contributed by atoms with E-state index in [9.17, 15) is 0 Å². The number of ether oxygens (including phenoxy) is 2. The van der Waals surface area contributed by atoms with Crippen LogP contribution in [0.4, 0.5) is 0 Å². The number of hydrogen-bond donors (Lipinski definition) is 0. The van der Waals surface area contributed by atoms with Crippen LogP contribution in [0.2, 0.25) is 0 Å². The molecule has 0 aliphatic heterocycles. The van der Waals surface area contributed by atoms with Gasteiger partial charge in [-0.25, -0.2) is 0 Å². The minimum atomic E-state index is 0.0667. The molecule has 0 fully saturated rings. The molecule has 2 aromatic rings. The van der Waals surface area contributed by atoms with Gasteiger partial charge in [0.1, 0.15) is 31.5 Å². The van der Waals surface area contributed by atoms with Gasteiger partial charge in [0.2, 0.25) is 0 Å². The molecule has 166 valence electrons. The van der Waals surface area contributed by atoms with Gasteiger partial charge >= 0.3 is 0 Å². The summed E-state index contributed by atoms with van der Waals surface area (Å²) in [6.07, 6.45) is 1.25. The lowest BCUT2D eigenvalue weighted by Gasteiger charge is -2.42. The van der Waals surface area contributed by atoms with Crippen LogP contribution in [0.15, 0.2) is 60.7 Å². The van der Waals surface area contributed by atoms with Gasteiger partial charge < -0.3 is 14.0 Å². The average Bonchev–Trinajstić information content (AvgIpc) is 2.63. The highest BCUT2D eigenvalue weighted by Crippen LogP contribution is 2.38. The second-order valence-corrected chi connectivity index (χ2v) is 11.0. The summed E-state index contributed by atoms with van der Waals surface area (Å²) in [5, 5.41) is 0. The van der Waals surface area contributed by atoms with Crippen molar-refractivity contribution in [1.82, 2.24) is 0 Å². The second kappa shape index (κ2) is 10.5. The minimum absolute atomic E-state index is 0.0667. The van der Waals surface area contributed by atoms with Gasteiger partial charge in [-0.15, -0.1) is 0 Å². The average molecular weight is 413 g/mol. The molecule has 0 aliphatic carbocycles. The van der Waals surface area contributed by atoms with Crippen molar-refractivity contribution in [2.75, 3.05) is 33.9 Å². The van der Waals surface area contributed by atoms with Gasteiger partial charge in [-0.3, -0.25) is 0 Å². The van der Waals surface area contributed by atoms with Crippen LogP contribution in [0.5, 0.6) is 5.75 Å². The molecule has 0 aromatic heterocycles. The van der Waals surface area contributed by atoms with Crippen LogP contribution in [0.25, 0.3) is 0 Å². The SMILES string of the molecule is CC(C)(C)CC(C)(C)C(C[N+](C)(C)Cc1ccccc1)OCCOc1ccccc1. The van der Waals surface area contributed by atoms with Crippen molar-refractivity contribution in [2.45, 2.75) is 53.7 Å². The molecule has 0 saturated carbocycles. The van der Waals surface area contributed by atoms with E-state index in [0.717, 1.165) is 29.7 Å². The van der Waals surface area contributed by atoms with Gasteiger partial charge in [0.05, 0.1) is 20.7 Å². The van der Waals surface area contributed by atoms with Crippen LogP contribution in [0.3, 0.4) is 0 Å². The zero-order valence-electron chi connectivity index (χ0n) is 20.2. The number of hydrogen-bond acceptors (Lipinski definition) is 2. The molecule has 2 aromatic carbocycles. The van der Waals surface area contributed by atoms with E-state index in [1.54, 1.807) is 0 Å². The molecule has 0 aliphatic rings. The molecule has 0 radical (unpaired) electrons. The van der Waals surface area contributed by atoms with Crippen molar-refractivity contribution in [2.24, 2.45) is 10.8 Å². The summed E-state index contributed by atoms with van der Waals surface area (Å²) in [5.74, 6) is 0.895. The number of likely N-dealkylation sites (N-methyl/N-ethyl adjacent to an activating group) is 1. The fraction of sp³-hybridized carbons (Fsp3) is 0.556. The molecule has 1 unspecified atom stereocenters. The third kappa shape index (κ3) is 8.89. The summed E-state index contributed by atoms with van der Waals surface area (Å²) in [7, 11) is 4.61. The fourth-order valence-electron chi connectivity index (χ4n) is 4.46. The lowest BCUT2D eigenvalue weighted by molar-refractivity contribution is -0.907. The Kier molecular flexibility index (Phi) is 8.52. The largest absolute Gasteiger partial charge is 0.491 e. The molecule has 3 nitrogen and oxygen atoms in total. The van der Waals surface area contributed by atoms with E-state index >= 15 is 0 Å². The summed E-state index contributed by atoms with van der Waals surface area (Å²) in [6, 6.07) is 20.7. The van der Waals surface area contributed by atoms with Crippen molar-refractivity contribution < 1.29 is 14.0 Å². The maximum atomic E-state index is 6.51. The fourth-order valence-corrected chi connectivity index (χ4v) is 4.46. The molecule has 30 heavy (non-hydrogen) atoms. The molecule has 2 rings (SSSR count). The molecule has 0 bridgehead atoms. The smallest absolute Gasteiger partial charge is 0.119 e. The van der Waals surface area contributed by atoms with E-state index in [-0.39, 0.29) is 16.9 Å². The molecule has 1 atom stereocenters. The molecular formula is C27H42NO2+. The van der Waals surface area contributed by atoms with E-state index in [1.807, 2.05) is 30.3 Å². The summed E-state index contributed by atoms with van der Waals surface area (Å²) in [4.78, 5) is 0. The molecular weight excluding hydrogens is 370 g/mol. The first kappa shape index (κ1) is 24.4. The Balaban J connectivity index is 2.04. The van der Waals surface area contributed by atoms with Gasteiger partial charge in [0, 0.05) is 5.56 Å². The predicted octanol–water partition coefficient (Wildman–Crippen LogP) is 6.19. The topological polar surface area (TPSA) is 18.5 Å². The van der Waals surface area contributed by atoms with Crippen LogP contribution < -0.4 is 4.74 Å². The lowest BCUT2D eigenvalue weighted by atomic mass is 9.72. The summed E-state index contributed by atoms with van der Waals surface area (Å²) in [5.41, 5.74) is 1.68. The monoisotopic (exact) mass is 412 g/mol. The van der Waals surface area contributed by atoms with Crippen LogP contribution in [-0.2, 0) is 11.3 Å². The zero-order chi connectivity index (χ0) is 22.3. The maximum absolute atomic E-state index is 6.51. The number of quaternary nitrogens is 1. The van der Waals surface area contributed by atoms with Gasteiger partial charge in [-0.2, -0.15) is 0 Å². The number of para-hydroxylation sites is 1. The Morgan fingerprint density at radius 3 is 1.93 bits per heavy atom. The first-order valence-corrected chi connectivity index (χ1v) is 11.1. The third-order valence-electron chi connectivity index (χ3n) is 5.39. The number of rotatable bonds is 11. The van der Waals surface area contributed by atoms with E-state index < -0.39 is 0 Å². The van der Waals surface area contributed by atoms with Crippen molar-refractivity contribution in [3.63, 3.8) is 0 Å². The Bertz CT molecular complexity index is 732. The van der Waals surface area contributed by atoms with Crippen molar-refractivity contribution in [3.8, 4) is 5.75 Å². The van der Waals surface area contributed by atoms with E-state index in [2.05, 4.69) is 79.0 Å². The standard InChI is InChI=1S/C27H42NO2/c1-26(2,3)22-27(4,5)25(30-19-18-29-24-16-12-9-13-17-24)21-28(6,7)20-23-14-10-8-11-15-23/h8-17,25H,18-22H2,1-7H3/q+1. The highest BCUT2D eigenvalue weighted by Gasteiger charge is 2.38.